The number of hydrogen-bond acceptors (Lipinski definition) is 6. The summed E-state index contributed by atoms with van der Waals surface area (Å²) in [4.78, 5) is 28.6. The van der Waals surface area contributed by atoms with E-state index in [-0.39, 0.29) is 22.0 Å². The Balaban J connectivity index is 1.75. The number of furan rings is 1. The van der Waals surface area contributed by atoms with Crippen molar-refractivity contribution in [1.82, 2.24) is 4.98 Å². The maximum atomic E-state index is 12.9. The summed E-state index contributed by atoms with van der Waals surface area (Å²) in [5.41, 5.74) is 0.911. The third kappa shape index (κ3) is 2.43. The zero-order valence-corrected chi connectivity index (χ0v) is 16.7. The first-order valence-corrected chi connectivity index (χ1v) is 10.5. The molecule has 1 N–H and O–H groups in total. The maximum absolute atomic E-state index is 12.9. The van der Waals surface area contributed by atoms with E-state index >= 15 is 0 Å². The van der Waals surface area contributed by atoms with Gasteiger partial charge < -0.3 is 14.1 Å². The molecular formula is C18H12BrNO4S2. The third-order valence-electron chi connectivity index (χ3n) is 4.69. The Morgan fingerprint density at radius 1 is 1.19 bits per heavy atom. The van der Waals surface area contributed by atoms with Crippen LogP contribution in [0.4, 0.5) is 0 Å². The molecule has 0 aliphatic carbocycles. The Bertz CT molecular complexity index is 1100. The van der Waals surface area contributed by atoms with Gasteiger partial charge in [-0.2, -0.15) is 0 Å². The van der Waals surface area contributed by atoms with Gasteiger partial charge in [0, 0.05) is 20.8 Å². The quantitative estimate of drug-likeness (QED) is 0.433. The van der Waals surface area contributed by atoms with Crippen LogP contribution in [0.1, 0.15) is 33.1 Å². The van der Waals surface area contributed by atoms with E-state index in [1.54, 1.807) is 6.07 Å². The molecule has 5 rings (SSSR count). The number of benzene rings is 1. The minimum atomic E-state index is -0.453. The third-order valence-corrected chi connectivity index (χ3v) is 7.61. The molecule has 26 heavy (non-hydrogen) atoms. The number of nitrogens with one attached hydrogen (secondary N) is 1. The van der Waals surface area contributed by atoms with Gasteiger partial charge in [0.1, 0.15) is 17.3 Å². The smallest absolute Gasteiger partial charge is 0.316 e. The van der Waals surface area contributed by atoms with Gasteiger partial charge in [0.05, 0.1) is 16.2 Å². The summed E-state index contributed by atoms with van der Waals surface area (Å²) >= 11 is 6.13. The van der Waals surface area contributed by atoms with Crippen molar-refractivity contribution >= 4 is 45.0 Å². The summed E-state index contributed by atoms with van der Waals surface area (Å²) in [5, 5.41) is 0.548. The van der Waals surface area contributed by atoms with Gasteiger partial charge in [0.15, 0.2) is 0 Å². The number of hydrogen-bond donors (Lipinski definition) is 1. The van der Waals surface area contributed by atoms with Gasteiger partial charge in [-0.05, 0) is 37.3 Å². The number of ether oxygens (including phenoxy) is 1. The lowest BCUT2D eigenvalue weighted by molar-refractivity contribution is -0.141. The highest BCUT2D eigenvalue weighted by Crippen LogP contribution is 2.59. The number of H-pyrrole nitrogens is 1. The number of carbonyl (C=O) groups is 1. The van der Waals surface area contributed by atoms with E-state index < -0.39 is 5.92 Å². The number of fused-ring (bicyclic) bond motifs is 5. The SMILES string of the molecule is Cc1ccc([C@@H]2Sc3[nH]c(=O)sc3[C@@H]3c4cc(Br)ccc4OC(=O)[C@H]32)o1. The normalized spacial score (nSPS) is 23.8. The largest absolute Gasteiger partial charge is 0.465 e. The van der Waals surface area contributed by atoms with Gasteiger partial charge in [-0.15, -0.1) is 0 Å². The molecule has 4 heterocycles. The van der Waals surface area contributed by atoms with Gasteiger partial charge in [0.2, 0.25) is 0 Å². The molecule has 1 aromatic carbocycles. The zero-order chi connectivity index (χ0) is 18.0. The molecule has 2 aliphatic heterocycles. The number of rotatable bonds is 1. The predicted molar refractivity (Wildman–Crippen MR) is 102 cm³/mol. The summed E-state index contributed by atoms with van der Waals surface area (Å²) < 4.78 is 12.4. The first kappa shape index (κ1) is 16.4. The highest BCUT2D eigenvalue weighted by atomic mass is 79.9. The lowest BCUT2D eigenvalue weighted by atomic mass is 9.79. The lowest BCUT2D eigenvalue weighted by Gasteiger charge is -2.38. The van der Waals surface area contributed by atoms with Crippen LogP contribution < -0.4 is 9.61 Å². The molecule has 0 saturated carbocycles. The number of esters is 1. The van der Waals surface area contributed by atoms with E-state index in [9.17, 15) is 9.59 Å². The van der Waals surface area contributed by atoms with E-state index in [2.05, 4.69) is 20.9 Å². The average molecular weight is 450 g/mol. The molecule has 2 aromatic heterocycles. The van der Waals surface area contributed by atoms with Gasteiger partial charge in [-0.3, -0.25) is 9.59 Å². The molecule has 3 atom stereocenters. The molecule has 5 nitrogen and oxygen atoms in total. The fraction of sp³-hybridized carbons (Fsp3) is 0.222. The van der Waals surface area contributed by atoms with Crippen LogP contribution >= 0.6 is 39.0 Å². The molecule has 2 aliphatic rings. The highest BCUT2D eigenvalue weighted by molar-refractivity contribution is 9.10. The lowest BCUT2D eigenvalue weighted by Crippen LogP contribution is -2.37. The first-order chi connectivity index (χ1) is 12.5. The van der Waals surface area contributed by atoms with Crippen molar-refractivity contribution in [2.24, 2.45) is 5.92 Å². The van der Waals surface area contributed by atoms with Crippen LogP contribution in [0.25, 0.3) is 0 Å². The Kier molecular flexibility index (Phi) is 3.70. The molecule has 0 saturated heterocycles. The van der Waals surface area contributed by atoms with E-state index in [1.807, 2.05) is 31.2 Å². The second-order valence-corrected chi connectivity index (χ2v) is 9.38. The number of thiazole rings is 1. The fourth-order valence-electron chi connectivity index (χ4n) is 3.62. The van der Waals surface area contributed by atoms with Gasteiger partial charge in [-0.25, -0.2) is 0 Å². The van der Waals surface area contributed by atoms with Crippen molar-refractivity contribution in [3.63, 3.8) is 0 Å². The number of aromatic nitrogens is 1. The van der Waals surface area contributed by atoms with Crippen LogP contribution in [0, 0.1) is 12.8 Å². The number of carbonyl (C=O) groups excluding carboxylic acids is 1. The monoisotopic (exact) mass is 449 g/mol. The minimum absolute atomic E-state index is 0.118. The van der Waals surface area contributed by atoms with Crippen LogP contribution in [0.2, 0.25) is 0 Å². The maximum Gasteiger partial charge on any atom is 0.316 e. The molecule has 8 heteroatoms. The molecule has 132 valence electrons. The highest BCUT2D eigenvalue weighted by Gasteiger charge is 2.50. The standard InChI is InChI=1S/C18H12BrNO4S2/c1-7-2-4-11(23-7)14-13-12(15-16(25-14)20-18(22)26-15)9-6-8(19)3-5-10(9)24-17(13)21/h2-6,12-14H,1H3,(H,20,22)/t12-,13-,14+/m1/s1. The predicted octanol–water partition coefficient (Wildman–Crippen LogP) is 4.61. The minimum Gasteiger partial charge on any atom is -0.465 e. The van der Waals surface area contributed by atoms with Crippen LogP contribution in [0.15, 0.2) is 49.0 Å². The van der Waals surface area contributed by atoms with Crippen molar-refractivity contribution < 1.29 is 13.9 Å². The summed E-state index contributed by atoms with van der Waals surface area (Å²) in [6.45, 7) is 1.87. The summed E-state index contributed by atoms with van der Waals surface area (Å²) in [6.07, 6.45) is 0. The van der Waals surface area contributed by atoms with Crippen molar-refractivity contribution in [3.8, 4) is 5.75 Å². The van der Waals surface area contributed by atoms with Crippen LogP contribution in [0.5, 0.6) is 5.75 Å². The van der Waals surface area contributed by atoms with Gasteiger partial charge >= 0.3 is 10.8 Å². The molecule has 0 fully saturated rings. The topological polar surface area (TPSA) is 72.3 Å². The Hall–Kier alpha value is -1.77. The van der Waals surface area contributed by atoms with Crippen LogP contribution in [0.3, 0.4) is 0 Å². The van der Waals surface area contributed by atoms with Gasteiger partial charge in [-0.1, -0.05) is 39.0 Å². The van der Waals surface area contributed by atoms with Crippen molar-refractivity contribution in [2.45, 2.75) is 23.1 Å². The number of halogens is 1. The first-order valence-electron chi connectivity index (χ1n) is 7.98. The molecule has 0 bridgehead atoms. The molecular weight excluding hydrogens is 438 g/mol. The number of aromatic amines is 1. The molecule has 0 spiro atoms. The summed E-state index contributed by atoms with van der Waals surface area (Å²) in [7, 11) is 0. The van der Waals surface area contributed by atoms with E-state index in [1.165, 1.54) is 11.8 Å². The van der Waals surface area contributed by atoms with Crippen LogP contribution in [-0.4, -0.2) is 11.0 Å². The Labute approximate surface area is 164 Å². The van der Waals surface area contributed by atoms with Crippen LogP contribution in [-0.2, 0) is 4.79 Å². The number of aryl methyl sites for hydroxylation is 1. The molecule has 0 unspecified atom stereocenters. The zero-order valence-electron chi connectivity index (χ0n) is 13.4. The van der Waals surface area contributed by atoms with Crippen molar-refractivity contribution in [1.29, 1.82) is 0 Å². The molecule has 3 aromatic rings. The number of thioether (sulfide) groups is 1. The molecule has 0 radical (unpaired) electrons. The Morgan fingerprint density at radius 2 is 2.04 bits per heavy atom. The Morgan fingerprint density at radius 3 is 2.81 bits per heavy atom. The molecule has 0 amide bonds. The summed E-state index contributed by atoms with van der Waals surface area (Å²) in [5.74, 6) is 1.07. The second-order valence-electron chi connectivity index (χ2n) is 6.30. The summed E-state index contributed by atoms with van der Waals surface area (Å²) in [6, 6.07) is 9.38. The van der Waals surface area contributed by atoms with Crippen molar-refractivity contribution in [2.75, 3.05) is 0 Å². The second kappa shape index (κ2) is 5.87. The fourth-order valence-corrected chi connectivity index (χ4v) is 6.54. The van der Waals surface area contributed by atoms with E-state index in [4.69, 9.17) is 9.15 Å². The van der Waals surface area contributed by atoms with E-state index in [0.717, 1.165) is 42.8 Å². The average Bonchev–Trinajstić information content (AvgIpc) is 3.19. The van der Waals surface area contributed by atoms with Gasteiger partial charge in [0.25, 0.3) is 0 Å². The van der Waals surface area contributed by atoms with Crippen molar-refractivity contribution in [3.05, 3.63) is 66.4 Å². The van der Waals surface area contributed by atoms with E-state index in [0.29, 0.717) is 5.75 Å².